The molecule has 1 aliphatic rings. The molecule has 0 unspecified atom stereocenters. The largest absolute Gasteiger partial charge is 0.343 e. The van der Waals surface area contributed by atoms with Crippen molar-refractivity contribution >= 4 is 17.6 Å². The standard InChI is InChI=1S/C21H14F4O3S/c1-21(27-8-9-28-21)14-7-6-13(29-14)16-19(24)17(22)15(18(23)20(16)25)12-4-2-11(10-26)3-5-12/h2-7,10H,8-9H2,1H3. The minimum absolute atomic E-state index is 0.0102. The van der Waals surface area contributed by atoms with Gasteiger partial charge in [-0.3, -0.25) is 4.79 Å². The Morgan fingerprint density at radius 3 is 1.97 bits per heavy atom. The fourth-order valence-corrected chi connectivity index (χ4v) is 4.30. The maximum Gasteiger partial charge on any atom is 0.201 e. The van der Waals surface area contributed by atoms with Gasteiger partial charge in [-0.1, -0.05) is 24.3 Å². The van der Waals surface area contributed by atoms with E-state index in [0.29, 0.717) is 24.4 Å². The van der Waals surface area contributed by atoms with Crippen LogP contribution in [0, 0.1) is 23.3 Å². The normalized spacial score (nSPS) is 15.6. The fourth-order valence-electron chi connectivity index (χ4n) is 3.20. The van der Waals surface area contributed by atoms with Gasteiger partial charge in [0.15, 0.2) is 23.3 Å². The summed E-state index contributed by atoms with van der Waals surface area (Å²) in [5.41, 5.74) is -1.43. The number of hydrogen-bond acceptors (Lipinski definition) is 4. The van der Waals surface area contributed by atoms with Gasteiger partial charge in [0.2, 0.25) is 5.79 Å². The number of carbonyl (C=O) groups is 1. The summed E-state index contributed by atoms with van der Waals surface area (Å²) in [6, 6.07) is 7.98. The minimum atomic E-state index is -1.51. The second-order valence-electron chi connectivity index (χ2n) is 6.55. The van der Waals surface area contributed by atoms with E-state index < -0.39 is 40.2 Å². The van der Waals surface area contributed by atoms with E-state index in [2.05, 4.69) is 0 Å². The van der Waals surface area contributed by atoms with E-state index in [1.54, 1.807) is 13.0 Å². The van der Waals surface area contributed by atoms with Crippen LogP contribution in [0.5, 0.6) is 0 Å². The lowest BCUT2D eigenvalue weighted by Gasteiger charge is -2.20. The predicted molar refractivity (Wildman–Crippen MR) is 99.7 cm³/mol. The Hall–Kier alpha value is -2.55. The summed E-state index contributed by atoms with van der Waals surface area (Å²) >= 11 is 0.932. The van der Waals surface area contributed by atoms with E-state index in [9.17, 15) is 22.4 Å². The monoisotopic (exact) mass is 422 g/mol. The number of halogens is 4. The van der Waals surface area contributed by atoms with Crippen molar-refractivity contribution < 1.29 is 31.8 Å². The van der Waals surface area contributed by atoms with E-state index in [0.717, 1.165) is 11.3 Å². The molecular formula is C21H14F4O3S. The second-order valence-corrected chi connectivity index (χ2v) is 7.64. The van der Waals surface area contributed by atoms with Crippen LogP contribution in [0.25, 0.3) is 21.6 Å². The van der Waals surface area contributed by atoms with E-state index in [4.69, 9.17) is 9.47 Å². The molecule has 3 aromatic rings. The first-order valence-corrected chi connectivity index (χ1v) is 9.47. The van der Waals surface area contributed by atoms with Crippen molar-refractivity contribution in [2.45, 2.75) is 12.7 Å². The first kappa shape index (κ1) is 19.8. The van der Waals surface area contributed by atoms with Crippen molar-refractivity contribution in [3.63, 3.8) is 0 Å². The molecule has 0 aliphatic carbocycles. The third-order valence-electron chi connectivity index (χ3n) is 4.74. The highest BCUT2D eigenvalue weighted by Gasteiger charge is 2.36. The first-order chi connectivity index (χ1) is 13.9. The van der Waals surface area contributed by atoms with Gasteiger partial charge in [-0.25, -0.2) is 17.6 Å². The third-order valence-corrected chi connectivity index (χ3v) is 6.02. The van der Waals surface area contributed by atoms with Gasteiger partial charge in [0.25, 0.3) is 0 Å². The van der Waals surface area contributed by atoms with Crippen LogP contribution in [0.15, 0.2) is 36.4 Å². The number of thiophene rings is 1. The summed E-state index contributed by atoms with van der Waals surface area (Å²) in [7, 11) is 0. The molecule has 150 valence electrons. The predicted octanol–water partition coefficient (Wildman–Crippen LogP) is 5.67. The van der Waals surface area contributed by atoms with E-state index in [1.807, 2.05) is 0 Å². The van der Waals surface area contributed by atoms with Crippen LogP contribution in [0.2, 0.25) is 0 Å². The summed E-state index contributed by atoms with van der Waals surface area (Å²) in [4.78, 5) is 11.3. The van der Waals surface area contributed by atoms with Crippen molar-refractivity contribution in [1.29, 1.82) is 0 Å². The summed E-state index contributed by atoms with van der Waals surface area (Å²) in [5.74, 6) is -7.07. The second kappa shape index (κ2) is 7.37. The summed E-state index contributed by atoms with van der Waals surface area (Å²) in [6.07, 6.45) is 0.549. The molecule has 1 aromatic heterocycles. The Labute approximate surface area is 167 Å². The zero-order valence-electron chi connectivity index (χ0n) is 15.1. The SMILES string of the molecule is CC1(c2ccc(-c3c(F)c(F)c(-c4ccc(C=O)cc4)c(F)c3F)s2)OCCO1. The minimum Gasteiger partial charge on any atom is -0.343 e. The molecule has 0 radical (unpaired) electrons. The van der Waals surface area contributed by atoms with Gasteiger partial charge < -0.3 is 9.47 Å². The highest BCUT2D eigenvalue weighted by molar-refractivity contribution is 7.15. The Bertz CT molecular complexity index is 1060. The lowest BCUT2D eigenvalue weighted by Crippen LogP contribution is -2.20. The molecule has 1 aliphatic heterocycles. The zero-order valence-corrected chi connectivity index (χ0v) is 15.9. The number of hydrogen-bond donors (Lipinski definition) is 0. The molecule has 3 nitrogen and oxygen atoms in total. The zero-order chi connectivity index (χ0) is 20.8. The maximum atomic E-state index is 14.8. The summed E-state index contributed by atoms with van der Waals surface area (Å²) in [6.45, 7) is 2.40. The van der Waals surface area contributed by atoms with E-state index in [1.165, 1.54) is 30.3 Å². The highest BCUT2D eigenvalue weighted by Crippen LogP contribution is 2.43. The average molecular weight is 422 g/mol. The van der Waals surface area contributed by atoms with Gasteiger partial charge in [0.05, 0.1) is 29.2 Å². The maximum absolute atomic E-state index is 14.8. The van der Waals surface area contributed by atoms with Crippen LogP contribution >= 0.6 is 11.3 Å². The Morgan fingerprint density at radius 2 is 1.41 bits per heavy atom. The number of aldehydes is 1. The van der Waals surface area contributed by atoms with Crippen LogP contribution in [0.3, 0.4) is 0 Å². The van der Waals surface area contributed by atoms with Gasteiger partial charge in [-0.2, -0.15) is 0 Å². The third kappa shape index (κ3) is 3.27. The lowest BCUT2D eigenvalue weighted by atomic mass is 9.99. The van der Waals surface area contributed by atoms with Gasteiger partial charge in [-0.05, 0) is 24.6 Å². The molecule has 2 aromatic carbocycles. The van der Waals surface area contributed by atoms with Gasteiger partial charge in [0, 0.05) is 10.4 Å². The molecule has 0 spiro atoms. The number of benzene rings is 2. The number of carbonyl (C=O) groups excluding carboxylic acids is 1. The summed E-state index contributed by atoms with van der Waals surface area (Å²) in [5, 5.41) is 0. The molecule has 0 amide bonds. The van der Waals surface area contributed by atoms with Crippen molar-refractivity contribution in [2.24, 2.45) is 0 Å². The molecule has 1 fully saturated rings. The number of ether oxygens (including phenoxy) is 2. The fraction of sp³-hybridized carbons (Fsp3) is 0.190. The molecule has 1 saturated heterocycles. The van der Waals surface area contributed by atoms with Gasteiger partial charge >= 0.3 is 0 Å². The average Bonchev–Trinajstić information content (AvgIpc) is 3.38. The molecule has 0 N–H and O–H groups in total. The van der Waals surface area contributed by atoms with Crippen LogP contribution in [-0.4, -0.2) is 19.5 Å². The van der Waals surface area contributed by atoms with Crippen molar-refractivity contribution in [3.05, 3.63) is 70.1 Å². The smallest absolute Gasteiger partial charge is 0.201 e. The van der Waals surface area contributed by atoms with Gasteiger partial charge in [0.1, 0.15) is 6.29 Å². The molecule has 8 heteroatoms. The van der Waals surface area contributed by atoms with Crippen LogP contribution in [-0.2, 0) is 15.3 Å². The first-order valence-electron chi connectivity index (χ1n) is 8.66. The number of rotatable bonds is 4. The van der Waals surface area contributed by atoms with Gasteiger partial charge in [-0.15, -0.1) is 11.3 Å². The molecule has 0 bridgehead atoms. The molecular weight excluding hydrogens is 408 g/mol. The molecule has 4 rings (SSSR count). The molecule has 0 atom stereocenters. The van der Waals surface area contributed by atoms with Crippen LogP contribution < -0.4 is 0 Å². The van der Waals surface area contributed by atoms with Crippen LogP contribution in [0.4, 0.5) is 17.6 Å². The molecule has 0 saturated carbocycles. The molecule has 29 heavy (non-hydrogen) atoms. The Kier molecular flexibility index (Phi) is 5.02. The lowest BCUT2D eigenvalue weighted by molar-refractivity contribution is -0.146. The van der Waals surface area contributed by atoms with Crippen molar-refractivity contribution in [1.82, 2.24) is 0 Å². The van der Waals surface area contributed by atoms with Crippen molar-refractivity contribution in [2.75, 3.05) is 13.2 Å². The topological polar surface area (TPSA) is 35.5 Å². The molecule has 2 heterocycles. The Morgan fingerprint density at radius 1 is 0.862 bits per heavy atom. The van der Waals surface area contributed by atoms with E-state index in [-0.39, 0.29) is 16.0 Å². The Balaban J connectivity index is 1.82. The van der Waals surface area contributed by atoms with E-state index >= 15 is 0 Å². The van der Waals surface area contributed by atoms with Crippen molar-refractivity contribution in [3.8, 4) is 21.6 Å². The highest BCUT2D eigenvalue weighted by atomic mass is 32.1. The summed E-state index contributed by atoms with van der Waals surface area (Å²) < 4.78 is 70.1. The quantitative estimate of drug-likeness (QED) is 0.309. The van der Waals surface area contributed by atoms with Crippen LogP contribution in [0.1, 0.15) is 22.2 Å².